The molecule has 7 aromatic rings. The van der Waals surface area contributed by atoms with Crippen LogP contribution in [-0.2, 0) is 0 Å². The summed E-state index contributed by atoms with van der Waals surface area (Å²) >= 11 is 0. The van der Waals surface area contributed by atoms with Crippen LogP contribution in [0, 0.1) is 10.8 Å². The summed E-state index contributed by atoms with van der Waals surface area (Å²) in [5.41, 5.74) is 18.2. The van der Waals surface area contributed by atoms with Gasteiger partial charge in [-0.15, -0.1) is 0 Å². The van der Waals surface area contributed by atoms with E-state index in [4.69, 9.17) is 26.7 Å². The van der Waals surface area contributed by atoms with E-state index in [-0.39, 0.29) is 17.1 Å². The van der Waals surface area contributed by atoms with Gasteiger partial charge in [-0.05, 0) is 54.6 Å². The lowest BCUT2D eigenvalue weighted by atomic mass is 10.1. The average molecular weight is 539 g/mol. The molecule has 198 valence electrons. The van der Waals surface area contributed by atoms with Crippen LogP contribution < -0.4 is 16.9 Å². The van der Waals surface area contributed by atoms with Crippen molar-refractivity contribution in [1.82, 2.24) is 19.9 Å². The number of hydrogen-bond donors (Lipinski definition) is 6. The molecule has 8 N–H and O–H groups in total. The lowest BCUT2D eigenvalue weighted by Crippen LogP contribution is -2.10. The molecule has 0 aliphatic rings. The van der Waals surface area contributed by atoms with E-state index in [0.29, 0.717) is 39.5 Å². The first kappa shape index (κ1) is 24.0. The molecule has 0 amide bonds. The number of benzene rings is 4. The Kier molecular flexibility index (Phi) is 5.29. The van der Waals surface area contributed by atoms with E-state index in [2.05, 4.69) is 19.9 Å². The number of imidazole rings is 2. The number of fused-ring (bicyclic) bond motifs is 3. The third kappa shape index (κ3) is 4.20. The number of H-pyrrole nitrogens is 2. The highest BCUT2D eigenvalue weighted by molar-refractivity contribution is 5.99. The van der Waals surface area contributed by atoms with Gasteiger partial charge in [0.05, 0.1) is 27.5 Å². The molecule has 41 heavy (non-hydrogen) atoms. The highest BCUT2D eigenvalue weighted by atomic mass is 16.3. The molecule has 10 heteroatoms. The van der Waals surface area contributed by atoms with Crippen LogP contribution in [0.25, 0.3) is 67.1 Å². The molecule has 0 radical (unpaired) electrons. The van der Waals surface area contributed by atoms with Crippen LogP contribution in [0.3, 0.4) is 0 Å². The van der Waals surface area contributed by atoms with Gasteiger partial charge in [-0.3, -0.25) is 15.6 Å². The predicted octanol–water partition coefficient (Wildman–Crippen LogP) is 5.11. The zero-order chi connectivity index (χ0) is 28.2. The summed E-state index contributed by atoms with van der Waals surface area (Å²) in [5, 5.41) is 15.7. The maximum atomic E-state index is 13.1. The fourth-order valence-corrected chi connectivity index (χ4v) is 4.87. The van der Waals surface area contributed by atoms with E-state index < -0.39 is 0 Å². The first-order chi connectivity index (χ1) is 19.8. The monoisotopic (exact) mass is 538 g/mol. The standard InChI is InChI=1S/C31H22N8O2/c32-28(33)17-5-8-21-23(12-17)38-30(36-21)16-3-1-15(2-4-16)27-14-25(40)20-11-19(7-10-26(20)41-27)31-37-22-9-6-18(29(34)35)13-24(22)39-31/h1-14H,(H3,32,33)(H3,34,35)(H,36,38)(H,37,39). The molecule has 0 fully saturated rings. The molecule has 7 rings (SSSR count). The molecule has 10 nitrogen and oxygen atoms in total. The van der Waals surface area contributed by atoms with Crippen LogP contribution in [0.4, 0.5) is 0 Å². The Bertz CT molecular complexity index is 2240. The number of rotatable bonds is 5. The van der Waals surface area contributed by atoms with Crippen molar-refractivity contribution < 1.29 is 4.42 Å². The third-order valence-electron chi connectivity index (χ3n) is 7.03. The quantitative estimate of drug-likeness (QED) is 0.130. The Balaban J connectivity index is 1.20. The molecular weight excluding hydrogens is 516 g/mol. The molecule has 3 aromatic heterocycles. The minimum absolute atomic E-state index is 0.000668. The van der Waals surface area contributed by atoms with Gasteiger partial charge in [0.1, 0.15) is 34.7 Å². The highest BCUT2D eigenvalue weighted by Crippen LogP contribution is 2.29. The Hall–Kier alpha value is -6.03. The number of amidine groups is 2. The van der Waals surface area contributed by atoms with Crippen molar-refractivity contribution in [1.29, 1.82) is 10.8 Å². The molecule has 0 unspecified atom stereocenters. The smallest absolute Gasteiger partial charge is 0.193 e. The number of nitrogens with zero attached hydrogens (tertiary/aromatic N) is 2. The van der Waals surface area contributed by atoms with E-state index in [1.165, 1.54) is 6.07 Å². The molecular formula is C31H22N8O2. The maximum absolute atomic E-state index is 13.1. The van der Waals surface area contributed by atoms with Gasteiger partial charge in [0.25, 0.3) is 0 Å². The van der Waals surface area contributed by atoms with Gasteiger partial charge in [-0.2, -0.15) is 0 Å². The molecule has 3 heterocycles. The molecule has 4 aromatic carbocycles. The molecule has 0 bridgehead atoms. The van der Waals surface area contributed by atoms with E-state index >= 15 is 0 Å². The van der Waals surface area contributed by atoms with Crippen LogP contribution in [0.15, 0.2) is 94.1 Å². The second kappa shape index (κ2) is 9.02. The summed E-state index contributed by atoms with van der Waals surface area (Å²) in [7, 11) is 0. The van der Waals surface area contributed by atoms with Crippen molar-refractivity contribution in [2.24, 2.45) is 11.5 Å². The Labute approximate surface area is 231 Å². The molecule has 0 spiro atoms. The highest BCUT2D eigenvalue weighted by Gasteiger charge is 2.13. The first-order valence-corrected chi connectivity index (χ1v) is 12.7. The van der Waals surface area contributed by atoms with Gasteiger partial charge in [0, 0.05) is 33.9 Å². The van der Waals surface area contributed by atoms with Gasteiger partial charge in [0.2, 0.25) is 0 Å². The molecule has 0 saturated carbocycles. The summed E-state index contributed by atoms with van der Waals surface area (Å²) < 4.78 is 6.13. The molecule has 0 atom stereocenters. The number of aromatic nitrogens is 4. The molecule has 0 saturated heterocycles. The minimum atomic E-state index is -0.166. The van der Waals surface area contributed by atoms with Crippen molar-refractivity contribution in [3.8, 4) is 34.1 Å². The van der Waals surface area contributed by atoms with Gasteiger partial charge in [0.15, 0.2) is 5.43 Å². The maximum Gasteiger partial charge on any atom is 0.193 e. The Morgan fingerprint density at radius 1 is 0.659 bits per heavy atom. The normalized spacial score (nSPS) is 11.4. The zero-order valence-electron chi connectivity index (χ0n) is 21.4. The fraction of sp³-hybridized carbons (Fsp3) is 0. The van der Waals surface area contributed by atoms with Crippen LogP contribution in [0.2, 0.25) is 0 Å². The van der Waals surface area contributed by atoms with E-state index in [0.717, 1.165) is 38.8 Å². The summed E-state index contributed by atoms with van der Waals surface area (Å²) in [6, 6.07) is 25.2. The van der Waals surface area contributed by atoms with Crippen LogP contribution in [0.5, 0.6) is 0 Å². The second-order valence-corrected chi connectivity index (χ2v) is 9.73. The minimum Gasteiger partial charge on any atom is -0.456 e. The number of nitrogens with two attached hydrogens (primary N) is 2. The van der Waals surface area contributed by atoms with Crippen molar-refractivity contribution in [3.05, 3.63) is 106 Å². The number of hydrogen-bond acceptors (Lipinski definition) is 6. The SMILES string of the molecule is N=C(N)c1ccc2nc(-c3ccc(-c4cc(=O)c5cc(-c6nc7ccc(C(=N)N)cc7[nH]6)ccc5o4)cc3)[nH]c2c1. The lowest BCUT2D eigenvalue weighted by Gasteiger charge is -2.05. The second-order valence-electron chi connectivity index (χ2n) is 9.73. The van der Waals surface area contributed by atoms with Gasteiger partial charge in [-0.1, -0.05) is 24.3 Å². The van der Waals surface area contributed by atoms with Crippen molar-refractivity contribution in [2.45, 2.75) is 0 Å². The van der Waals surface area contributed by atoms with Crippen LogP contribution >= 0.6 is 0 Å². The summed E-state index contributed by atoms with van der Waals surface area (Å²) in [6.45, 7) is 0. The topological polar surface area (TPSA) is 187 Å². The summed E-state index contributed by atoms with van der Waals surface area (Å²) in [5.74, 6) is 1.72. The number of aromatic amines is 2. The fourth-order valence-electron chi connectivity index (χ4n) is 4.87. The van der Waals surface area contributed by atoms with E-state index in [9.17, 15) is 4.79 Å². The van der Waals surface area contributed by atoms with Gasteiger partial charge < -0.3 is 25.9 Å². The van der Waals surface area contributed by atoms with E-state index in [1.807, 2.05) is 36.4 Å². The van der Waals surface area contributed by atoms with Crippen molar-refractivity contribution in [2.75, 3.05) is 0 Å². The predicted molar refractivity (Wildman–Crippen MR) is 160 cm³/mol. The van der Waals surface area contributed by atoms with Gasteiger partial charge >= 0.3 is 0 Å². The Morgan fingerprint density at radius 2 is 1.20 bits per heavy atom. The summed E-state index contributed by atoms with van der Waals surface area (Å²) in [4.78, 5) is 28.9. The first-order valence-electron chi connectivity index (χ1n) is 12.7. The number of nitrogens with one attached hydrogen (secondary N) is 4. The van der Waals surface area contributed by atoms with Gasteiger partial charge in [-0.25, -0.2) is 9.97 Å². The average Bonchev–Trinajstić information content (AvgIpc) is 3.60. The Morgan fingerprint density at radius 3 is 1.78 bits per heavy atom. The van der Waals surface area contributed by atoms with Crippen molar-refractivity contribution >= 4 is 44.7 Å². The van der Waals surface area contributed by atoms with Crippen LogP contribution in [0.1, 0.15) is 11.1 Å². The van der Waals surface area contributed by atoms with E-state index in [1.54, 1.807) is 42.5 Å². The summed E-state index contributed by atoms with van der Waals surface area (Å²) in [6.07, 6.45) is 0. The van der Waals surface area contributed by atoms with Crippen molar-refractivity contribution in [3.63, 3.8) is 0 Å². The molecule has 0 aliphatic carbocycles. The zero-order valence-corrected chi connectivity index (χ0v) is 21.4. The lowest BCUT2D eigenvalue weighted by molar-refractivity contribution is 0.619. The third-order valence-corrected chi connectivity index (χ3v) is 7.03. The van der Waals surface area contributed by atoms with Crippen LogP contribution in [-0.4, -0.2) is 31.6 Å². The largest absolute Gasteiger partial charge is 0.456 e. The molecule has 0 aliphatic heterocycles. The number of nitrogen functional groups attached to an aromatic ring is 2.